The number of rotatable bonds is 2. The Hall–Kier alpha value is -2.54. The van der Waals surface area contributed by atoms with Crippen LogP contribution < -0.4 is 0 Å². The molecule has 4 rings (SSSR count). The third-order valence-corrected chi connectivity index (χ3v) is 3.59. The minimum Gasteiger partial charge on any atom is -0.289 e. The molecular weight excluding hydrogens is 260 g/mol. The van der Waals surface area contributed by atoms with Crippen LogP contribution >= 0.6 is 11.3 Å². The van der Waals surface area contributed by atoms with Crippen LogP contribution in [0.25, 0.3) is 22.3 Å². The molecule has 4 aromatic rings. The van der Waals surface area contributed by atoms with Gasteiger partial charge >= 0.3 is 0 Å². The molecule has 0 atom stereocenters. The predicted octanol–water partition coefficient (Wildman–Crippen LogP) is 2.04. The van der Waals surface area contributed by atoms with Crippen LogP contribution in [0.2, 0.25) is 0 Å². The minimum atomic E-state index is 0.726. The molecule has 7 heteroatoms. The van der Waals surface area contributed by atoms with Crippen molar-refractivity contribution in [2.75, 3.05) is 0 Å². The van der Waals surface area contributed by atoms with E-state index in [-0.39, 0.29) is 0 Å². The third-order valence-electron chi connectivity index (χ3n) is 2.82. The van der Waals surface area contributed by atoms with E-state index in [0.717, 1.165) is 22.3 Å². The quantitative estimate of drug-likeness (QED) is 0.558. The molecule has 0 radical (unpaired) electrons. The summed E-state index contributed by atoms with van der Waals surface area (Å²) in [5, 5.41) is 11.2. The van der Waals surface area contributed by atoms with Gasteiger partial charge in [0, 0.05) is 30.2 Å². The minimum absolute atomic E-state index is 0.726. The Morgan fingerprint density at radius 3 is 3.00 bits per heavy atom. The van der Waals surface area contributed by atoms with Crippen molar-refractivity contribution in [1.29, 1.82) is 0 Å². The Kier molecular flexibility index (Phi) is 2.18. The molecule has 92 valence electrons. The molecule has 0 unspecified atom stereocenters. The maximum absolute atomic E-state index is 4.32. The summed E-state index contributed by atoms with van der Waals surface area (Å²) in [6.07, 6.45) is 9.01. The zero-order chi connectivity index (χ0) is 12.7. The van der Waals surface area contributed by atoms with Gasteiger partial charge < -0.3 is 0 Å². The standard InChI is InChI=1S/C12H8N6S/c1-2-9(17(5-1)12-14-4-7-19-12)11-16-15-10-8-13-3-6-18(10)11/h1-8H. The van der Waals surface area contributed by atoms with E-state index in [1.165, 1.54) is 0 Å². The summed E-state index contributed by atoms with van der Waals surface area (Å²) in [7, 11) is 0. The van der Waals surface area contributed by atoms with Crippen molar-refractivity contribution in [1.82, 2.24) is 29.1 Å². The van der Waals surface area contributed by atoms with Gasteiger partial charge in [-0.05, 0) is 12.1 Å². The fraction of sp³-hybridized carbons (Fsp3) is 0. The van der Waals surface area contributed by atoms with E-state index in [1.807, 2.05) is 38.9 Å². The molecule has 0 saturated carbocycles. The molecule has 4 aromatic heterocycles. The molecule has 0 aliphatic rings. The zero-order valence-electron chi connectivity index (χ0n) is 9.71. The maximum Gasteiger partial charge on any atom is 0.194 e. The molecule has 0 aromatic carbocycles. The fourth-order valence-electron chi connectivity index (χ4n) is 1.99. The summed E-state index contributed by atoms with van der Waals surface area (Å²) >= 11 is 1.58. The molecule has 0 fully saturated rings. The fourth-order valence-corrected chi connectivity index (χ4v) is 2.63. The van der Waals surface area contributed by atoms with E-state index in [2.05, 4.69) is 20.2 Å². The highest BCUT2D eigenvalue weighted by atomic mass is 32.1. The van der Waals surface area contributed by atoms with Crippen molar-refractivity contribution in [3.8, 4) is 16.6 Å². The summed E-state index contributed by atoms with van der Waals surface area (Å²) in [5.41, 5.74) is 1.68. The van der Waals surface area contributed by atoms with Gasteiger partial charge in [-0.2, -0.15) is 0 Å². The molecule has 4 heterocycles. The van der Waals surface area contributed by atoms with Crippen molar-refractivity contribution >= 4 is 17.0 Å². The molecule has 0 bridgehead atoms. The van der Waals surface area contributed by atoms with Crippen molar-refractivity contribution in [2.45, 2.75) is 0 Å². The van der Waals surface area contributed by atoms with E-state index in [9.17, 15) is 0 Å². The number of aromatic nitrogens is 6. The first kappa shape index (κ1) is 10.4. The van der Waals surface area contributed by atoms with Gasteiger partial charge in [0.05, 0.1) is 11.9 Å². The summed E-state index contributed by atoms with van der Waals surface area (Å²) in [5.74, 6) is 0.776. The molecule has 0 saturated heterocycles. The van der Waals surface area contributed by atoms with Crippen LogP contribution in [0.1, 0.15) is 0 Å². The molecule has 0 amide bonds. The Morgan fingerprint density at radius 2 is 2.11 bits per heavy atom. The van der Waals surface area contributed by atoms with Crippen LogP contribution in [0.4, 0.5) is 0 Å². The third kappa shape index (κ3) is 1.55. The van der Waals surface area contributed by atoms with Gasteiger partial charge in [-0.25, -0.2) is 4.98 Å². The van der Waals surface area contributed by atoms with E-state index >= 15 is 0 Å². The Bertz CT molecular complexity index is 829. The summed E-state index contributed by atoms with van der Waals surface area (Å²) < 4.78 is 3.91. The number of hydrogen-bond donors (Lipinski definition) is 0. The number of nitrogens with zero attached hydrogens (tertiary/aromatic N) is 6. The van der Waals surface area contributed by atoms with Crippen LogP contribution in [-0.4, -0.2) is 29.1 Å². The van der Waals surface area contributed by atoms with E-state index in [4.69, 9.17) is 0 Å². The maximum atomic E-state index is 4.32. The molecule has 0 aliphatic heterocycles. The Morgan fingerprint density at radius 1 is 1.11 bits per heavy atom. The average Bonchev–Trinajstić information content (AvgIpc) is 3.17. The van der Waals surface area contributed by atoms with Gasteiger partial charge in [0.1, 0.15) is 0 Å². The SMILES string of the molecule is c1cc(-c2nnc3cnccn23)n(-c2nccs2)c1. The topological polar surface area (TPSA) is 60.9 Å². The Balaban J connectivity index is 1.96. The zero-order valence-corrected chi connectivity index (χ0v) is 10.5. The first-order valence-electron chi connectivity index (χ1n) is 5.66. The lowest BCUT2D eigenvalue weighted by Crippen LogP contribution is -1.97. The van der Waals surface area contributed by atoms with Crippen LogP contribution in [0.3, 0.4) is 0 Å². The lowest BCUT2D eigenvalue weighted by molar-refractivity contribution is 1.01. The lowest BCUT2D eigenvalue weighted by Gasteiger charge is -2.03. The lowest BCUT2D eigenvalue weighted by atomic mass is 10.4. The highest BCUT2D eigenvalue weighted by Gasteiger charge is 2.13. The van der Waals surface area contributed by atoms with Crippen molar-refractivity contribution in [3.05, 3.63) is 48.5 Å². The predicted molar refractivity (Wildman–Crippen MR) is 71.2 cm³/mol. The molecule has 0 spiro atoms. The van der Waals surface area contributed by atoms with E-state index < -0.39 is 0 Å². The number of thiazole rings is 1. The Labute approximate surface area is 112 Å². The van der Waals surface area contributed by atoms with Crippen molar-refractivity contribution < 1.29 is 0 Å². The van der Waals surface area contributed by atoms with Gasteiger partial charge in [-0.1, -0.05) is 0 Å². The van der Waals surface area contributed by atoms with Gasteiger partial charge in [0.2, 0.25) is 0 Å². The second-order valence-corrected chi connectivity index (χ2v) is 4.78. The largest absolute Gasteiger partial charge is 0.289 e. The van der Waals surface area contributed by atoms with Crippen LogP contribution in [-0.2, 0) is 0 Å². The second kappa shape index (κ2) is 3.99. The first-order chi connectivity index (χ1) is 9.43. The highest BCUT2D eigenvalue weighted by Crippen LogP contribution is 2.23. The molecule has 6 nitrogen and oxygen atoms in total. The number of hydrogen-bond acceptors (Lipinski definition) is 5. The molecule has 19 heavy (non-hydrogen) atoms. The summed E-state index contributed by atoms with van der Waals surface area (Å²) in [4.78, 5) is 8.36. The normalized spacial score (nSPS) is 11.2. The van der Waals surface area contributed by atoms with E-state index in [1.54, 1.807) is 29.9 Å². The van der Waals surface area contributed by atoms with Gasteiger partial charge in [-0.3, -0.25) is 14.0 Å². The second-order valence-electron chi connectivity index (χ2n) is 3.91. The molecular formula is C12H8N6S. The van der Waals surface area contributed by atoms with Crippen molar-refractivity contribution in [3.63, 3.8) is 0 Å². The van der Waals surface area contributed by atoms with Gasteiger partial charge in [0.25, 0.3) is 0 Å². The summed E-state index contributed by atoms with van der Waals surface area (Å²) in [6, 6.07) is 3.97. The van der Waals surface area contributed by atoms with Crippen LogP contribution in [0.5, 0.6) is 0 Å². The highest BCUT2D eigenvalue weighted by molar-refractivity contribution is 7.12. The summed E-state index contributed by atoms with van der Waals surface area (Å²) in [6.45, 7) is 0. The van der Waals surface area contributed by atoms with Crippen LogP contribution in [0, 0.1) is 0 Å². The van der Waals surface area contributed by atoms with Crippen molar-refractivity contribution in [2.24, 2.45) is 0 Å². The van der Waals surface area contributed by atoms with Gasteiger partial charge in [0.15, 0.2) is 16.6 Å². The molecule has 0 aliphatic carbocycles. The monoisotopic (exact) mass is 268 g/mol. The van der Waals surface area contributed by atoms with Crippen LogP contribution in [0.15, 0.2) is 48.5 Å². The average molecular weight is 268 g/mol. The smallest absolute Gasteiger partial charge is 0.194 e. The van der Waals surface area contributed by atoms with E-state index in [0.29, 0.717) is 0 Å². The number of fused-ring (bicyclic) bond motifs is 1. The van der Waals surface area contributed by atoms with Gasteiger partial charge in [-0.15, -0.1) is 21.5 Å². The molecule has 0 N–H and O–H groups in total. The first-order valence-corrected chi connectivity index (χ1v) is 6.54.